The van der Waals surface area contributed by atoms with Crippen molar-refractivity contribution in [2.75, 3.05) is 5.73 Å². The van der Waals surface area contributed by atoms with Gasteiger partial charge in [0.25, 0.3) is 0 Å². The van der Waals surface area contributed by atoms with Crippen molar-refractivity contribution < 1.29 is 0 Å². The Balaban J connectivity index is 2.66. The summed E-state index contributed by atoms with van der Waals surface area (Å²) in [5, 5.41) is 0. The van der Waals surface area contributed by atoms with Crippen LogP contribution in [0, 0.1) is 6.92 Å². The van der Waals surface area contributed by atoms with Gasteiger partial charge < -0.3 is 10.3 Å². The molecule has 2 rings (SSSR count). The number of aromatic nitrogens is 2. The third-order valence-electron chi connectivity index (χ3n) is 3.18. The van der Waals surface area contributed by atoms with Crippen molar-refractivity contribution in [1.29, 1.82) is 0 Å². The Labute approximate surface area is 96.3 Å². The molecule has 0 radical (unpaired) electrons. The Morgan fingerprint density at radius 3 is 2.62 bits per heavy atom. The number of hydrogen-bond donors (Lipinski definition) is 1. The average Bonchev–Trinajstić information content (AvgIpc) is 2.58. The van der Waals surface area contributed by atoms with Crippen molar-refractivity contribution in [1.82, 2.24) is 9.55 Å². The minimum atomic E-state index is 0.451. The molecule has 0 aliphatic heterocycles. The predicted octanol–water partition coefficient (Wildman–Crippen LogP) is 3.29. The fourth-order valence-corrected chi connectivity index (χ4v) is 2.26. The number of nitrogens with zero attached hydrogens (tertiary/aromatic N) is 2. The highest BCUT2D eigenvalue weighted by Gasteiger charge is 2.14. The molecule has 86 valence electrons. The number of nitrogens with two attached hydrogens (primary N) is 1. The molecule has 2 aromatic rings. The molecule has 3 heteroatoms. The minimum Gasteiger partial charge on any atom is -0.369 e. The Morgan fingerprint density at radius 2 is 2.00 bits per heavy atom. The van der Waals surface area contributed by atoms with Gasteiger partial charge >= 0.3 is 0 Å². The maximum Gasteiger partial charge on any atom is 0.201 e. The second-order valence-corrected chi connectivity index (χ2v) is 4.30. The smallest absolute Gasteiger partial charge is 0.201 e. The van der Waals surface area contributed by atoms with Gasteiger partial charge in [0.1, 0.15) is 0 Å². The lowest BCUT2D eigenvalue weighted by atomic mass is 10.1. The number of fused-ring (bicyclic) bond motifs is 1. The van der Waals surface area contributed by atoms with E-state index >= 15 is 0 Å². The van der Waals surface area contributed by atoms with Crippen molar-refractivity contribution in [2.45, 2.75) is 39.7 Å². The molecule has 2 N–H and O–H groups in total. The van der Waals surface area contributed by atoms with Crippen LogP contribution in [0.3, 0.4) is 0 Å². The van der Waals surface area contributed by atoms with Crippen LogP contribution in [0.15, 0.2) is 18.2 Å². The van der Waals surface area contributed by atoms with Crippen molar-refractivity contribution in [3.8, 4) is 0 Å². The molecule has 0 saturated heterocycles. The Hall–Kier alpha value is -1.51. The van der Waals surface area contributed by atoms with E-state index in [9.17, 15) is 0 Å². The van der Waals surface area contributed by atoms with Gasteiger partial charge in [0, 0.05) is 6.04 Å². The number of rotatable bonds is 3. The average molecular weight is 217 g/mol. The first-order chi connectivity index (χ1) is 7.67. The normalized spacial score (nSPS) is 11.5. The second kappa shape index (κ2) is 4.16. The summed E-state index contributed by atoms with van der Waals surface area (Å²) < 4.78 is 2.17. The monoisotopic (exact) mass is 217 g/mol. The first-order valence-electron chi connectivity index (χ1n) is 5.91. The topological polar surface area (TPSA) is 43.8 Å². The van der Waals surface area contributed by atoms with Gasteiger partial charge in [0.15, 0.2) is 0 Å². The van der Waals surface area contributed by atoms with Crippen LogP contribution in [0.1, 0.15) is 38.3 Å². The Bertz CT molecular complexity index is 495. The van der Waals surface area contributed by atoms with Gasteiger partial charge in [-0.3, -0.25) is 0 Å². The van der Waals surface area contributed by atoms with Gasteiger partial charge in [-0.15, -0.1) is 0 Å². The molecule has 0 aliphatic carbocycles. The van der Waals surface area contributed by atoms with Crippen molar-refractivity contribution in [3.05, 3.63) is 23.8 Å². The van der Waals surface area contributed by atoms with Crippen LogP contribution in [-0.4, -0.2) is 9.55 Å². The zero-order valence-corrected chi connectivity index (χ0v) is 10.2. The van der Waals surface area contributed by atoms with E-state index < -0.39 is 0 Å². The van der Waals surface area contributed by atoms with Crippen molar-refractivity contribution in [2.24, 2.45) is 0 Å². The molecular formula is C13H19N3. The summed E-state index contributed by atoms with van der Waals surface area (Å²) >= 11 is 0. The van der Waals surface area contributed by atoms with Gasteiger partial charge in [-0.1, -0.05) is 19.9 Å². The first kappa shape index (κ1) is 11.0. The van der Waals surface area contributed by atoms with Crippen LogP contribution >= 0.6 is 0 Å². The third-order valence-corrected chi connectivity index (χ3v) is 3.18. The van der Waals surface area contributed by atoms with Crippen LogP contribution in [0.2, 0.25) is 0 Å². The highest BCUT2D eigenvalue weighted by Crippen LogP contribution is 2.27. The molecule has 0 saturated carbocycles. The number of anilines is 1. The molecule has 1 heterocycles. The number of nitrogen functional groups attached to an aromatic ring is 1. The molecule has 0 spiro atoms. The summed E-state index contributed by atoms with van der Waals surface area (Å²) in [6, 6.07) is 6.73. The van der Waals surface area contributed by atoms with Gasteiger partial charge in [-0.2, -0.15) is 0 Å². The maximum absolute atomic E-state index is 6.01. The Kier molecular flexibility index (Phi) is 2.86. The first-order valence-corrected chi connectivity index (χ1v) is 5.91. The molecule has 0 unspecified atom stereocenters. The van der Waals surface area contributed by atoms with Crippen LogP contribution in [0.5, 0.6) is 0 Å². The fraction of sp³-hybridized carbons (Fsp3) is 0.462. The van der Waals surface area contributed by atoms with E-state index in [0.29, 0.717) is 12.0 Å². The lowest BCUT2D eigenvalue weighted by Gasteiger charge is -2.17. The number of benzene rings is 1. The Morgan fingerprint density at radius 1 is 1.31 bits per heavy atom. The van der Waals surface area contributed by atoms with Crippen LogP contribution < -0.4 is 5.73 Å². The molecule has 3 nitrogen and oxygen atoms in total. The molecule has 0 aliphatic rings. The van der Waals surface area contributed by atoms with Gasteiger partial charge in [0.2, 0.25) is 5.95 Å². The highest BCUT2D eigenvalue weighted by molar-refractivity contribution is 5.79. The van der Waals surface area contributed by atoms with Crippen LogP contribution in [0.4, 0.5) is 5.95 Å². The van der Waals surface area contributed by atoms with E-state index in [0.717, 1.165) is 23.9 Å². The van der Waals surface area contributed by atoms with Crippen molar-refractivity contribution >= 4 is 17.0 Å². The zero-order valence-electron chi connectivity index (χ0n) is 10.2. The number of aryl methyl sites for hydroxylation is 1. The molecule has 0 bridgehead atoms. The summed E-state index contributed by atoms with van der Waals surface area (Å²) in [6.45, 7) is 6.48. The molecule has 1 aromatic heterocycles. The summed E-state index contributed by atoms with van der Waals surface area (Å²) in [4.78, 5) is 4.41. The molecule has 1 aromatic carbocycles. The maximum atomic E-state index is 6.01. The second-order valence-electron chi connectivity index (χ2n) is 4.30. The van der Waals surface area contributed by atoms with E-state index in [-0.39, 0.29) is 0 Å². The summed E-state index contributed by atoms with van der Waals surface area (Å²) in [7, 11) is 0. The van der Waals surface area contributed by atoms with E-state index in [1.54, 1.807) is 0 Å². The molecule has 0 amide bonds. The SMILES string of the molecule is CCC(CC)n1c(N)nc2ccc(C)cc21. The fourth-order valence-electron chi connectivity index (χ4n) is 2.26. The number of imidazole rings is 1. The van der Waals surface area contributed by atoms with Gasteiger partial charge in [-0.25, -0.2) is 4.98 Å². The van der Waals surface area contributed by atoms with Gasteiger partial charge in [-0.05, 0) is 37.5 Å². The lowest BCUT2D eigenvalue weighted by molar-refractivity contribution is 0.489. The van der Waals surface area contributed by atoms with Crippen molar-refractivity contribution in [3.63, 3.8) is 0 Å². The highest BCUT2D eigenvalue weighted by atomic mass is 15.2. The predicted molar refractivity (Wildman–Crippen MR) is 68.5 cm³/mol. The minimum absolute atomic E-state index is 0.451. The molecule has 16 heavy (non-hydrogen) atoms. The quantitative estimate of drug-likeness (QED) is 0.857. The summed E-state index contributed by atoms with van der Waals surface area (Å²) in [5.74, 6) is 0.634. The lowest BCUT2D eigenvalue weighted by Crippen LogP contribution is -2.10. The van der Waals surface area contributed by atoms with E-state index in [4.69, 9.17) is 5.73 Å². The van der Waals surface area contributed by atoms with E-state index in [1.165, 1.54) is 5.56 Å². The molecule has 0 fully saturated rings. The summed E-state index contributed by atoms with van der Waals surface area (Å²) in [5.41, 5.74) is 9.41. The van der Waals surface area contributed by atoms with Gasteiger partial charge in [0.05, 0.1) is 11.0 Å². The standard InChI is InChI=1S/C13H19N3/c1-4-10(5-2)16-12-8-9(3)6-7-11(12)15-13(16)14/h6-8,10H,4-5H2,1-3H3,(H2,14,15). The third kappa shape index (κ3) is 1.66. The molecular weight excluding hydrogens is 198 g/mol. The molecule has 0 atom stereocenters. The van der Waals surface area contributed by atoms with E-state index in [1.807, 2.05) is 6.07 Å². The zero-order chi connectivity index (χ0) is 11.7. The largest absolute Gasteiger partial charge is 0.369 e. The van der Waals surface area contributed by atoms with Crippen LogP contribution in [-0.2, 0) is 0 Å². The van der Waals surface area contributed by atoms with E-state index in [2.05, 4.69) is 42.5 Å². The summed E-state index contributed by atoms with van der Waals surface area (Å²) in [6.07, 6.45) is 2.17. The number of hydrogen-bond acceptors (Lipinski definition) is 2. The van der Waals surface area contributed by atoms with Crippen LogP contribution in [0.25, 0.3) is 11.0 Å².